The van der Waals surface area contributed by atoms with Gasteiger partial charge in [0.05, 0.1) is 15.3 Å². The van der Waals surface area contributed by atoms with Crippen LogP contribution in [-0.4, -0.2) is 49.2 Å². The van der Waals surface area contributed by atoms with Crippen molar-refractivity contribution in [3.8, 4) is 5.19 Å². The van der Waals surface area contributed by atoms with Crippen molar-refractivity contribution >= 4 is 48.9 Å². The van der Waals surface area contributed by atoms with Gasteiger partial charge in [0.25, 0.3) is 5.19 Å². The molecule has 0 radical (unpaired) electrons. The second-order valence-corrected chi connectivity index (χ2v) is 10.8. The molecule has 164 valence electrons. The van der Waals surface area contributed by atoms with Crippen molar-refractivity contribution in [2.45, 2.75) is 30.3 Å². The van der Waals surface area contributed by atoms with Crippen LogP contribution in [0, 0.1) is 5.82 Å². The molecule has 1 saturated heterocycles. The Hall–Kier alpha value is -2.23. The van der Waals surface area contributed by atoms with Gasteiger partial charge in [-0.2, -0.15) is 4.98 Å². The molecule has 2 aromatic carbocycles. The summed E-state index contributed by atoms with van der Waals surface area (Å²) in [5.74, 6) is -0.822. The Kier molecular flexibility index (Phi) is 6.45. The largest absolute Gasteiger partial charge is 0.467 e. The molecular formula is C21H20ClFN2O4S2. The molecule has 1 aromatic heterocycles. The third kappa shape index (κ3) is 5.16. The van der Waals surface area contributed by atoms with Crippen LogP contribution < -0.4 is 4.74 Å². The molecule has 2 heterocycles. The molecule has 0 saturated carbocycles. The zero-order valence-corrected chi connectivity index (χ0v) is 18.9. The summed E-state index contributed by atoms with van der Waals surface area (Å²) in [5, 5.41) is 0.870. The first-order valence-corrected chi connectivity index (χ1v) is 12.6. The SMILES string of the molecule is O=C(CCS(=O)(=O)c1ccc(Cl)cc1)N1CCC(Oc2nc3c(F)cccc3s2)CC1. The van der Waals surface area contributed by atoms with Crippen LogP contribution in [0.25, 0.3) is 10.2 Å². The van der Waals surface area contributed by atoms with Crippen molar-refractivity contribution < 1.29 is 22.3 Å². The minimum Gasteiger partial charge on any atom is -0.467 e. The van der Waals surface area contributed by atoms with E-state index in [9.17, 15) is 17.6 Å². The lowest BCUT2D eigenvalue weighted by molar-refractivity contribution is -0.132. The van der Waals surface area contributed by atoms with Gasteiger partial charge in [-0.05, 0) is 36.4 Å². The molecule has 1 aliphatic heterocycles. The second-order valence-electron chi connectivity index (χ2n) is 7.29. The third-order valence-corrected chi connectivity index (χ3v) is 8.07. The van der Waals surface area contributed by atoms with E-state index in [1.54, 1.807) is 17.0 Å². The molecule has 1 amide bonds. The van der Waals surface area contributed by atoms with Gasteiger partial charge in [-0.15, -0.1) is 0 Å². The number of ether oxygens (including phenoxy) is 1. The molecule has 3 aromatic rings. The highest BCUT2D eigenvalue weighted by Crippen LogP contribution is 2.31. The number of piperidine rings is 1. The summed E-state index contributed by atoms with van der Waals surface area (Å²) in [4.78, 5) is 18.5. The molecule has 1 aliphatic rings. The van der Waals surface area contributed by atoms with Crippen molar-refractivity contribution in [2.75, 3.05) is 18.8 Å². The number of fused-ring (bicyclic) bond motifs is 1. The Morgan fingerprint density at radius 3 is 2.58 bits per heavy atom. The van der Waals surface area contributed by atoms with Gasteiger partial charge >= 0.3 is 0 Å². The summed E-state index contributed by atoms with van der Waals surface area (Å²) >= 11 is 7.09. The number of carbonyl (C=O) groups excluding carboxylic acids is 1. The monoisotopic (exact) mass is 482 g/mol. The molecule has 6 nitrogen and oxygen atoms in total. The van der Waals surface area contributed by atoms with E-state index < -0.39 is 9.84 Å². The van der Waals surface area contributed by atoms with Crippen molar-refractivity contribution in [1.82, 2.24) is 9.88 Å². The zero-order chi connectivity index (χ0) is 22.0. The quantitative estimate of drug-likeness (QED) is 0.523. The van der Waals surface area contributed by atoms with E-state index in [4.69, 9.17) is 16.3 Å². The summed E-state index contributed by atoms with van der Waals surface area (Å²) < 4.78 is 45.3. The standard InChI is InChI=1S/C21H20ClFN2O4S2/c22-14-4-6-16(7-5-14)31(27,28)13-10-19(26)25-11-8-15(9-12-25)29-21-24-20-17(23)2-1-3-18(20)30-21/h1-7,15H,8-13H2. The van der Waals surface area contributed by atoms with Crippen molar-refractivity contribution in [2.24, 2.45) is 0 Å². The lowest BCUT2D eigenvalue weighted by atomic mass is 10.1. The first-order chi connectivity index (χ1) is 14.8. The molecule has 1 fully saturated rings. The lowest BCUT2D eigenvalue weighted by Crippen LogP contribution is -2.42. The van der Waals surface area contributed by atoms with Gasteiger partial charge in [0.2, 0.25) is 5.91 Å². The number of nitrogens with zero attached hydrogens (tertiary/aromatic N) is 2. The van der Waals surface area contributed by atoms with E-state index in [2.05, 4.69) is 4.98 Å². The summed E-state index contributed by atoms with van der Waals surface area (Å²) in [6, 6.07) is 10.7. The summed E-state index contributed by atoms with van der Waals surface area (Å²) in [6.45, 7) is 0.952. The number of thiazole rings is 1. The topological polar surface area (TPSA) is 76.6 Å². The normalized spacial score (nSPS) is 15.4. The van der Waals surface area contributed by atoms with Gasteiger partial charge in [-0.25, -0.2) is 12.8 Å². The van der Waals surface area contributed by atoms with Gasteiger partial charge in [0.1, 0.15) is 17.4 Å². The number of halogens is 2. The van der Waals surface area contributed by atoms with Crippen LogP contribution in [0.4, 0.5) is 4.39 Å². The number of hydrogen-bond donors (Lipinski definition) is 0. The molecule has 10 heteroatoms. The maximum atomic E-state index is 13.8. The fourth-order valence-corrected chi connectivity index (χ4v) is 5.70. The van der Waals surface area contributed by atoms with E-state index in [1.807, 2.05) is 0 Å². The molecule has 31 heavy (non-hydrogen) atoms. The average Bonchev–Trinajstić information content (AvgIpc) is 3.17. The zero-order valence-electron chi connectivity index (χ0n) is 16.5. The van der Waals surface area contributed by atoms with Crippen LogP contribution in [0.2, 0.25) is 5.02 Å². The van der Waals surface area contributed by atoms with E-state index in [0.717, 1.165) is 4.70 Å². The molecule has 0 spiro atoms. The highest BCUT2D eigenvalue weighted by molar-refractivity contribution is 7.91. The van der Waals surface area contributed by atoms with Crippen LogP contribution in [-0.2, 0) is 14.6 Å². The Bertz CT molecular complexity index is 1190. The Balaban J connectivity index is 1.28. The molecular weight excluding hydrogens is 463 g/mol. The van der Waals surface area contributed by atoms with Gasteiger partial charge in [0.15, 0.2) is 9.84 Å². The van der Waals surface area contributed by atoms with Crippen molar-refractivity contribution in [3.63, 3.8) is 0 Å². The Morgan fingerprint density at radius 1 is 1.19 bits per heavy atom. The minimum atomic E-state index is -3.55. The third-order valence-electron chi connectivity index (χ3n) is 5.17. The van der Waals surface area contributed by atoms with Gasteiger partial charge in [0, 0.05) is 37.4 Å². The van der Waals surface area contributed by atoms with Crippen LogP contribution in [0.3, 0.4) is 0 Å². The Labute approximate surface area is 188 Å². The molecule has 0 atom stereocenters. The van der Waals surface area contributed by atoms with Crippen LogP contribution in [0.15, 0.2) is 47.4 Å². The first kappa shape index (κ1) is 22.0. The maximum Gasteiger partial charge on any atom is 0.274 e. The van der Waals surface area contributed by atoms with Crippen LogP contribution in [0.5, 0.6) is 5.19 Å². The highest BCUT2D eigenvalue weighted by Gasteiger charge is 2.26. The van der Waals surface area contributed by atoms with E-state index >= 15 is 0 Å². The number of rotatable bonds is 6. The number of amides is 1. The Morgan fingerprint density at radius 2 is 1.90 bits per heavy atom. The van der Waals surface area contributed by atoms with E-state index in [0.29, 0.717) is 41.7 Å². The predicted octanol–water partition coefficient (Wildman–Crippen LogP) is 4.32. The number of hydrogen-bond acceptors (Lipinski definition) is 6. The molecule has 4 rings (SSSR count). The maximum absolute atomic E-state index is 13.8. The van der Waals surface area contributed by atoms with Crippen LogP contribution >= 0.6 is 22.9 Å². The first-order valence-electron chi connectivity index (χ1n) is 9.80. The molecule has 0 unspecified atom stereocenters. The number of carbonyl (C=O) groups is 1. The number of aromatic nitrogens is 1. The predicted molar refractivity (Wildman–Crippen MR) is 118 cm³/mol. The summed E-state index contributed by atoms with van der Waals surface area (Å²) in [5.41, 5.74) is 0.303. The minimum absolute atomic E-state index is 0.0758. The number of likely N-dealkylation sites (tertiary alicyclic amines) is 1. The number of benzene rings is 2. The van der Waals surface area contributed by atoms with Crippen molar-refractivity contribution in [1.29, 1.82) is 0 Å². The number of sulfone groups is 1. The lowest BCUT2D eigenvalue weighted by Gasteiger charge is -2.31. The molecule has 0 bridgehead atoms. The molecule has 0 N–H and O–H groups in total. The smallest absolute Gasteiger partial charge is 0.274 e. The van der Waals surface area contributed by atoms with E-state index in [1.165, 1.54) is 41.7 Å². The van der Waals surface area contributed by atoms with Crippen LogP contribution in [0.1, 0.15) is 19.3 Å². The highest BCUT2D eigenvalue weighted by atomic mass is 35.5. The van der Waals surface area contributed by atoms with Crippen molar-refractivity contribution in [3.05, 3.63) is 53.3 Å². The molecule has 0 aliphatic carbocycles. The second kappa shape index (κ2) is 9.10. The fraction of sp³-hybridized carbons (Fsp3) is 0.333. The number of para-hydroxylation sites is 1. The van der Waals surface area contributed by atoms with Gasteiger partial charge in [-0.1, -0.05) is 29.0 Å². The fourth-order valence-electron chi connectivity index (χ4n) is 3.45. The van der Waals surface area contributed by atoms with E-state index in [-0.39, 0.29) is 34.9 Å². The average molecular weight is 483 g/mol. The summed E-state index contributed by atoms with van der Waals surface area (Å²) in [7, 11) is -3.55. The van der Waals surface area contributed by atoms with Gasteiger partial charge in [-0.3, -0.25) is 4.79 Å². The van der Waals surface area contributed by atoms with Gasteiger partial charge < -0.3 is 9.64 Å². The summed E-state index contributed by atoms with van der Waals surface area (Å²) in [6.07, 6.45) is 1.01.